The molecule has 0 radical (unpaired) electrons. The number of carbonyl (C=O) groups is 1. The summed E-state index contributed by atoms with van der Waals surface area (Å²) in [5.41, 5.74) is -2.28. The lowest BCUT2D eigenvalue weighted by Crippen LogP contribution is -2.43. The van der Waals surface area contributed by atoms with Gasteiger partial charge in [-0.3, -0.25) is 0 Å². The van der Waals surface area contributed by atoms with Gasteiger partial charge in [0.15, 0.2) is 0 Å². The van der Waals surface area contributed by atoms with Gasteiger partial charge in [-0.2, -0.15) is 13.2 Å². The molecule has 0 heterocycles. The number of alkyl halides is 3. The summed E-state index contributed by atoms with van der Waals surface area (Å²) < 4.78 is 37.6. The van der Waals surface area contributed by atoms with Crippen molar-refractivity contribution in [2.24, 2.45) is 0 Å². The first-order valence-corrected chi connectivity index (χ1v) is 6.12. The summed E-state index contributed by atoms with van der Waals surface area (Å²) in [5, 5.41) is 21.6. The maximum absolute atomic E-state index is 12.5. The van der Waals surface area contributed by atoms with Crippen LogP contribution >= 0.6 is 0 Å². The van der Waals surface area contributed by atoms with E-state index in [-0.39, 0.29) is 12.2 Å². The minimum atomic E-state index is -4.59. The largest absolute Gasteiger partial charge is 0.478 e. The highest BCUT2D eigenvalue weighted by Crippen LogP contribution is 2.34. The van der Waals surface area contributed by atoms with Gasteiger partial charge >= 0.3 is 12.1 Å². The standard InChI is InChI=1S/C13H14F3NO3/c14-13(15,16)8-2-3-10(9(6-8)11(18)19)17-7-12(20)4-1-5-12/h2-3,6,17,20H,1,4-5,7H2,(H,18,19). The van der Waals surface area contributed by atoms with Crippen LogP contribution in [0, 0.1) is 0 Å². The third kappa shape index (κ3) is 3.04. The maximum Gasteiger partial charge on any atom is 0.416 e. The predicted octanol–water partition coefficient (Wildman–Crippen LogP) is 2.73. The Balaban J connectivity index is 2.21. The molecule has 0 atom stereocenters. The summed E-state index contributed by atoms with van der Waals surface area (Å²) in [5.74, 6) is -1.45. The van der Waals surface area contributed by atoms with E-state index in [4.69, 9.17) is 5.11 Å². The molecular formula is C13H14F3NO3. The Bertz CT molecular complexity index is 524. The third-order valence-electron chi connectivity index (χ3n) is 3.47. The summed E-state index contributed by atoms with van der Waals surface area (Å²) in [6.07, 6.45) is -2.50. The maximum atomic E-state index is 12.5. The van der Waals surface area contributed by atoms with Gasteiger partial charge in [0.25, 0.3) is 0 Å². The monoisotopic (exact) mass is 289 g/mol. The number of benzene rings is 1. The molecule has 1 aromatic carbocycles. The zero-order valence-corrected chi connectivity index (χ0v) is 10.5. The van der Waals surface area contributed by atoms with Crippen LogP contribution in [-0.4, -0.2) is 28.3 Å². The lowest BCUT2D eigenvalue weighted by molar-refractivity contribution is -0.137. The van der Waals surface area contributed by atoms with Crippen molar-refractivity contribution in [2.45, 2.75) is 31.0 Å². The van der Waals surface area contributed by atoms with Crippen molar-refractivity contribution in [3.8, 4) is 0 Å². The molecule has 4 nitrogen and oxygen atoms in total. The molecule has 1 aliphatic carbocycles. The van der Waals surface area contributed by atoms with Crippen LogP contribution in [0.25, 0.3) is 0 Å². The number of anilines is 1. The summed E-state index contributed by atoms with van der Waals surface area (Å²) in [6.45, 7) is 0.124. The van der Waals surface area contributed by atoms with E-state index in [1.165, 1.54) is 0 Å². The zero-order valence-electron chi connectivity index (χ0n) is 10.5. The molecule has 1 saturated carbocycles. The Kier molecular flexibility index (Phi) is 3.64. The van der Waals surface area contributed by atoms with Gasteiger partial charge < -0.3 is 15.5 Å². The average Bonchev–Trinajstić information content (AvgIpc) is 2.32. The molecule has 3 N–H and O–H groups in total. The van der Waals surface area contributed by atoms with Crippen molar-refractivity contribution >= 4 is 11.7 Å². The highest BCUT2D eigenvalue weighted by Gasteiger charge is 2.35. The number of halogens is 3. The summed E-state index contributed by atoms with van der Waals surface area (Å²) in [7, 11) is 0. The van der Waals surface area contributed by atoms with E-state index in [9.17, 15) is 23.1 Å². The molecule has 1 aromatic rings. The molecule has 1 fully saturated rings. The zero-order chi connectivity index (χ0) is 15.0. The molecule has 0 saturated heterocycles. The Morgan fingerprint density at radius 2 is 2.00 bits per heavy atom. The van der Waals surface area contributed by atoms with E-state index in [0.717, 1.165) is 18.6 Å². The fourth-order valence-electron chi connectivity index (χ4n) is 2.07. The van der Waals surface area contributed by atoms with Crippen LogP contribution < -0.4 is 5.32 Å². The number of nitrogens with one attached hydrogen (secondary N) is 1. The van der Waals surface area contributed by atoms with Crippen LogP contribution in [0.15, 0.2) is 18.2 Å². The number of hydrogen-bond donors (Lipinski definition) is 3. The lowest BCUT2D eigenvalue weighted by atomic mass is 9.80. The van der Waals surface area contributed by atoms with Gasteiger partial charge in [-0.25, -0.2) is 4.79 Å². The van der Waals surface area contributed by atoms with Crippen molar-refractivity contribution in [1.29, 1.82) is 0 Å². The van der Waals surface area contributed by atoms with Crippen molar-refractivity contribution in [3.05, 3.63) is 29.3 Å². The highest BCUT2D eigenvalue weighted by molar-refractivity contribution is 5.94. The number of carboxylic acids is 1. The van der Waals surface area contributed by atoms with Gasteiger partial charge in [0.2, 0.25) is 0 Å². The molecule has 20 heavy (non-hydrogen) atoms. The Morgan fingerprint density at radius 1 is 1.35 bits per heavy atom. The molecule has 1 aliphatic rings. The molecule has 0 aromatic heterocycles. The Morgan fingerprint density at radius 3 is 2.45 bits per heavy atom. The first-order valence-electron chi connectivity index (χ1n) is 6.12. The first-order chi connectivity index (χ1) is 9.21. The second-order valence-corrected chi connectivity index (χ2v) is 4.99. The van der Waals surface area contributed by atoms with Crippen LogP contribution in [0.3, 0.4) is 0 Å². The quantitative estimate of drug-likeness (QED) is 0.797. The third-order valence-corrected chi connectivity index (χ3v) is 3.47. The van der Waals surface area contributed by atoms with Gasteiger partial charge in [-0.1, -0.05) is 0 Å². The normalized spacial score (nSPS) is 17.4. The Labute approximate surface area is 113 Å². The number of carboxylic acid groups (broad SMARTS) is 1. The molecule has 0 unspecified atom stereocenters. The molecule has 0 bridgehead atoms. The smallest absolute Gasteiger partial charge is 0.416 e. The number of rotatable bonds is 4. The van der Waals surface area contributed by atoms with Crippen LogP contribution in [0.4, 0.5) is 18.9 Å². The fourth-order valence-corrected chi connectivity index (χ4v) is 2.07. The van der Waals surface area contributed by atoms with E-state index in [1.54, 1.807) is 0 Å². The van der Waals surface area contributed by atoms with E-state index >= 15 is 0 Å². The minimum absolute atomic E-state index is 0.0748. The second kappa shape index (κ2) is 4.97. The molecule has 2 rings (SSSR count). The molecule has 7 heteroatoms. The van der Waals surface area contributed by atoms with Crippen LogP contribution in [0.5, 0.6) is 0 Å². The summed E-state index contributed by atoms with van der Waals surface area (Å²) in [4.78, 5) is 11.0. The van der Waals surface area contributed by atoms with E-state index in [2.05, 4.69) is 5.32 Å². The number of hydrogen-bond acceptors (Lipinski definition) is 3. The molecule has 0 aliphatic heterocycles. The van der Waals surface area contributed by atoms with E-state index in [0.29, 0.717) is 18.9 Å². The second-order valence-electron chi connectivity index (χ2n) is 4.99. The van der Waals surface area contributed by atoms with Gasteiger partial charge in [-0.05, 0) is 37.5 Å². The SMILES string of the molecule is O=C(O)c1cc(C(F)(F)F)ccc1NCC1(O)CCC1. The van der Waals surface area contributed by atoms with E-state index in [1.807, 2.05) is 0 Å². The van der Waals surface area contributed by atoms with Crippen molar-refractivity contribution in [3.63, 3.8) is 0 Å². The first kappa shape index (κ1) is 14.6. The molecular weight excluding hydrogens is 275 g/mol. The van der Waals surface area contributed by atoms with Crippen LogP contribution in [0.1, 0.15) is 35.2 Å². The molecule has 0 amide bonds. The molecule has 0 spiro atoms. The number of aromatic carboxylic acids is 1. The van der Waals surface area contributed by atoms with Gasteiger partial charge in [0.05, 0.1) is 16.7 Å². The minimum Gasteiger partial charge on any atom is -0.478 e. The molecule has 110 valence electrons. The predicted molar refractivity (Wildman–Crippen MR) is 65.7 cm³/mol. The summed E-state index contributed by atoms with van der Waals surface area (Å²) >= 11 is 0. The van der Waals surface area contributed by atoms with Gasteiger partial charge in [0.1, 0.15) is 0 Å². The fraction of sp³-hybridized carbons (Fsp3) is 0.462. The lowest BCUT2D eigenvalue weighted by Gasteiger charge is -2.37. The van der Waals surface area contributed by atoms with Gasteiger partial charge in [-0.15, -0.1) is 0 Å². The highest BCUT2D eigenvalue weighted by atomic mass is 19.4. The van der Waals surface area contributed by atoms with Crippen LogP contribution in [0.2, 0.25) is 0 Å². The van der Waals surface area contributed by atoms with Crippen molar-refractivity contribution in [2.75, 3.05) is 11.9 Å². The summed E-state index contributed by atoms with van der Waals surface area (Å²) in [6, 6.07) is 2.49. The number of aliphatic hydroxyl groups is 1. The Hall–Kier alpha value is -1.76. The van der Waals surface area contributed by atoms with Crippen molar-refractivity contribution in [1.82, 2.24) is 0 Å². The topological polar surface area (TPSA) is 69.6 Å². The van der Waals surface area contributed by atoms with Crippen LogP contribution in [-0.2, 0) is 6.18 Å². The van der Waals surface area contributed by atoms with E-state index < -0.39 is 28.9 Å². The average molecular weight is 289 g/mol. The van der Waals surface area contributed by atoms with Gasteiger partial charge in [0, 0.05) is 12.2 Å². The van der Waals surface area contributed by atoms with Crippen molar-refractivity contribution < 1.29 is 28.2 Å².